The predicted molar refractivity (Wildman–Crippen MR) is 72.4 cm³/mol. The van der Waals surface area contributed by atoms with Crippen LogP contribution < -0.4 is 5.32 Å². The van der Waals surface area contributed by atoms with Crippen LogP contribution in [0.25, 0.3) is 0 Å². The SMILES string of the molecule is CC(CC1COCCN1)N1Cc2ccccc2C1. The molecule has 0 amide bonds. The Hall–Kier alpha value is -0.900. The van der Waals surface area contributed by atoms with Gasteiger partial charge in [-0.15, -0.1) is 0 Å². The average Bonchev–Trinajstić information content (AvgIpc) is 2.84. The Morgan fingerprint density at radius 3 is 2.67 bits per heavy atom. The van der Waals surface area contributed by atoms with E-state index in [4.69, 9.17) is 4.74 Å². The number of hydrogen-bond acceptors (Lipinski definition) is 3. The van der Waals surface area contributed by atoms with E-state index in [1.165, 1.54) is 17.5 Å². The number of hydrogen-bond donors (Lipinski definition) is 1. The van der Waals surface area contributed by atoms with E-state index in [0.717, 1.165) is 32.8 Å². The lowest BCUT2D eigenvalue weighted by atomic mass is 10.1. The van der Waals surface area contributed by atoms with Gasteiger partial charge in [0.1, 0.15) is 0 Å². The van der Waals surface area contributed by atoms with Gasteiger partial charge >= 0.3 is 0 Å². The molecule has 0 saturated carbocycles. The van der Waals surface area contributed by atoms with Gasteiger partial charge in [0.25, 0.3) is 0 Å². The highest BCUT2D eigenvalue weighted by Gasteiger charge is 2.25. The third kappa shape index (κ3) is 2.58. The molecule has 3 nitrogen and oxygen atoms in total. The fourth-order valence-corrected chi connectivity index (χ4v) is 3.00. The van der Waals surface area contributed by atoms with Gasteiger partial charge in [-0.05, 0) is 24.5 Å². The summed E-state index contributed by atoms with van der Waals surface area (Å²) in [7, 11) is 0. The van der Waals surface area contributed by atoms with Gasteiger partial charge in [0.05, 0.1) is 13.2 Å². The van der Waals surface area contributed by atoms with E-state index < -0.39 is 0 Å². The molecule has 1 aromatic rings. The molecule has 3 heteroatoms. The van der Waals surface area contributed by atoms with Crippen LogP contribution in [0.4, 0.5) is 0 Å². The third-order valence-corrected chi connectivity index (χ3v) is 4.11. The summed E-state index contributed by atoms with van der Waals surface area (Å²) in [5.41, 5.74) is 2.99. The fraction of sp³-hybridized carbons (Fsp3) is 0.600. The minimum atomic E-state index is 0.525. The summed E-state index contributed by atoms with van der Waals surface area (Å²) >= 11 is 0. The van der Waals surface area contributed by atoms with Gasteiger partial charge in [-0.1, -0.05) is 24.3 Å². The van der Waals surface area contributed by atoms with Crippen LogP contribution in [0.5, 0.6) is 0 Å². The van der Waals surface area contributed by atoms with Gasteiger partial charge in [-0.25, -0.2) is 0 Å². The Balaban J connectivity index is 1.56. The van der Waals surface area contributed by atoms with Gasteiger partial charge in [-0.3, -0.25) is 4.90 Å². The molecule has 2 aliphatic rings. The number of morpholine rings is 1. The molecule has 1 N–H and O–H groups in total. The van der Waals surface area contributed by atoms with Gasteiger partial charge in [0.2, 0.25) is 0 Å². The second kappa shape index (κ2) is 5.39. The molecule has 2 heterocycles. The highest BCUT2D eigenvalue weighted by atomic mass is 16.5. The predicted octanol–water partition coefficient (Wildman–Crippen LogP) is 1.77. The normalized spacial score (nSPS) is 25.9. The fourth-order valence-electron chi connectivity index (χ4n) is 3.00. The van der Waals surface area contributed by atoms with Crippen molar-refractivity contribution in [3.05, 3.63) is 35.4 Å². The number of fused-ring (bicyclic) bond motifs is 1. The molecule has 1 aromatic carbocycles. The van der Waals surface area contributed by atoms with Crippen LogP contribution in [-0.4, -0.2) is 36.7 Å². The molecule has 1 saturated heterocycles. The van der Waals surface area contributed by atoms with Crippen molar-refractivity contribution in [3.8, 4) is 0 Å². The van der Waals surface area contributed by atoms with E-state index in [1.54, 1.807) is 0 Å². The number of nitrogens with one attached hydrogen (secondary N) is 1. The van der Waals surface area contributed by atoms with Crippen LogP contribution in [0.2, 0.25) is 0 Å². The number of ether oxygens (including phenoxy) is 1. The second-order valence-electron chi connectivity index (χ2n) is 5.48. The van der Waals surface area contributed by atoms with E-state index in [0.29, 0.717) is 12.1 Å². The second-order valence-corrected chi connectivity index (χ2v) is 5.48. The van der Waals surface area contributed by atoms with E-state index in [1.807, 2.05) is 0 Å². The van der Waals surface area contributed by atoms with E-state index >= 15 is 0 Å². The molecule has 2 atom stereocenters. The Morgan fingerprint density at radius 1 is 1.33 bits per heavy atom. The molecule has 0 aliphatic carbocycles. The van der Waals surface area contributed by atoms with Crippen LogP contribution in [0.1, 0.15) is 24.5 Å². The molecule has 0 aromatic heterocycles. The summed E-state index contributed by atoms with van der Waals surface area (Å²) in [5.74, 6) is 0. The molecular formula is C15H22N2O. The Kier molecular flexibility index (Phi) is 3.64. The molecule has 1 fully saturated rings. The van der Waals surface area contributed by atoms with Crippen LogP contribution in [0.3, 0.4) is 0 Å². The maximum Gasteiger partial charge on any atom is 0.0620 e. The first kappa shape index (κ1) is 12.2. The van der Waals surface area contributed by atoms with Crippen molar-refractivity contribution >= 4 is 0 Å². The van der Waals surface area contributed by atoms with Crippen molar-refractivity contribution < 1.29 is 4.74 Å². The largest absolute Gasteiger partial charge is 0.379 e. The van der Waals surface area contributed by atoms with Gasteiger partial charge in [-0.2, -0.15) is 0 Å². The third-order valence-electron chi connectivity index (χ3n) is 4.11. The maximum absolute atomic E-state index is 5.53. The minimum absolute atomic E-state index is 0.525. The molecule has 0 bridgehead atoms. The quantitative estimate of drug-likeness (QED) is 0.879. The van der Waals surface area contributed by atoms with Gasteiger partial charge < -0.3 is 10.1 Å². The van der Waals surface area contributed by atoms with Crippen molar-refractivity contribution in [2.24, 2.45) is 0 Å². The molecule has 2 unspecified atom stereocenters. The lowest BCUT2D eigenvalue weighted by Crippen LogP contribution is -2.45. The lowest BCUT2D eigenvalue weighted by Gasteiger charge is -2.30. The van der Waals surface area contributed by atoms with Crippen molar-refractivity contribution in [3.63, 3.8) is 0 Å². The number of rotatable bonds is 3. The Bertz CT molecular complexity index is 376. The first-order valence-corrected chi connectivity index (χ1v) is 6.95. The first-order valence-electron chi connectivity index (χ1n) is 6.95. The smallest absolute Gasteiger partial charge is 0.0620 e. The molecule has 2 aliphatic heterocycles. The maximum atomic E-state index is 5.53. The zero-order chi connectivity index (χ0) is 12.4. The Morgan fingerprint density at radius 2 is 2.06 bits per heavy atom. The summed E-state index contributed by atoms with van der Waals surface area (Å²) in [4.78, 5) is 2.57. The van der Waals surface area contributed by atoms with E-state index in [2.05, 4.69) is 41.4 Å². The summed E-state index contributed by atoms with van der Waals surface area (Å²) in [5, 5.41) is 3.54. The van der Waals surface area contributed by atoms with Gasteiger partial charge in [0, 0.05) is 31.7 Å². The van der Waals surface area contributed by atoms with Gasteiger partial charge in [0.15, 0.2) is 0 Å². The molecule has 0 spiro atoms. The zero-order valence-electron chi connectivity index (χ0n) is 11.1. The molecule has 98 valence electrons. The molecular weight excluding hydrogens is 224 g/mol. The monoisotopic (exact) mass is 246 g/mol. The van der Waals surface area contributed by atoms with Crippen molar-refractivity contribution in [1.82, 2.24) is 10.2 Å². The van der Waals surface area contributed by atoms with Crippen molar-refractivity contribution in [1.29, 1.82) is 0 Å². The topological polar surface area (TPSA) is 24.5 Å². The first-order chi connectivity index (χ1) is 8.83. The summed E-state index contributed by atoms with van der Waals surface area (Å²) in [6.07, 6.45) is 1.17. The van der Waals surface area contributed by atoms with Crippen LogP contribution in [0, 0.1) is 0 Å². The average molecular weight is 246 g/mol. The summed E-state index contributed by atoms with van der Waals surface area (Å²) < 4.78 is 5.53. The standard InChI is InChI=1S/C15H22N2O/c1-12(8-15-11-18-7-6-16-15)17-9-13-4-2-3-5-14(13)10-17/h2-5,12,15-16H,6-11H2,1H3. The van der Waals surface area contributed by atoms with Crippen LogP contribution in [0.15, 0.2) is 24.3 Å². The van der Waals surface area contributed by atoms with Crippen molar-refractivity contribution in [2.45, 2.75) is 38.5 Å². The number of benzene rings is 1. The van der Waals surface area contributed by atoms with Crippen LogP contribution >= 0.6 is 0 Å². The van der Waals surface area contributed by atoms with Crippen molar-refractivity contribution in [2.75, 3.05) is 19.8 Å². The highest BCUT2D eigenvalue weighted by Crippen LogP contribution is 2.25. The number of nitrogens with zero attached hydrogens (tertiary/aromatic N) is 1. The highest BCUT2D eigenvalue weighted by molar-refractivity contribution is 5.30. The van der Waals surface area contributed by atoms with E-state index in [9.17, 15) is 0 Å². The molecule has 3 rings (SSSR count). The van der Waals surface area contributed by atoms with E-state index in [-0.39, 0.29) is 0 Å². The molecule has 0 radical (unpaired) electrons. The summed E-state index contributed by atoms with van der Waals surface area (Å²) in [6, 6.07) is 9.93. The minimum Gasteiger partial charge on any atom is -0.379 e. The Labute approximate surface area is 109 Å². The molecule has 18 heavy (non-hydrogen) atoms. The summed E-state index contributed by atoms with van der Waals surface area (Å²) in [6.45, 7) is 7.26. The lowest BCUT2D eigenvalue weighted by molar-refractivity contribution is 0.0615. The zero-order valence-corrected chi connectivity index (χ0v) is 11.1. The van der Waals surface area contributed by atoms with Crippen LogP contribution in [-0.2, 0) is 17.8 Å².